The Hall–Kier alpha value is -1.68. The first-order valence-electron chi connectivity index (χ1n) is 8.35. The number of aliphatic hydroxyl groups excluding tert-OH is 1. The first kappa shape index (κ1) is 19.6. The van der Waals surface area contributed by atoms with E-state index in [1.54, 1.807) is 0 Å². The predicted molar refractivity (Wildman–Crippen MR) is 107 cm³/mol. The fourth-order valence-corrected chi connectivity index (χ4v) is 3.68. The highest BCUT2D eigenvalue weighted by Gasteiger charge is 2.16. The van der Waals surface area contributed by atoms with E-state index >= 15 is 0 Å². The van der Waals surface area contributed by atoms with E-state index in [2.05, 4.69) is 45.7 Å². The van der Waals surface area contributed by atoms with E-state index in [0.29, 0.717) is 11.6 Å². The van der Waals surface area contributed by atoms with Crippen LogP contribution in [0.4, 0.5) is 0 Å². The van der Waals surface area contributed by atoms with Gasteiger partial charge in [-0.25, -0.2) is 4.98 Å². The van der Waals surface area contributed by atoms with E-state index in [1.807, 2.05) is 29.6 Å². The monoisotopic (exact) mass is 419 g/mol. The van der Waals surface area contributed by atoms with Gasteiger partial charge in [-0.1, -0.05) is 41.9 Å². The molecule has 0 saturated heterocycles. The third kappa shape index (κ3) is 5.40. The van der Waals surface area contributed by atoms with Crippen LogP contribution in [-0.2, 0) is 0 Å². The lowest BCUT2D eigenvalue weighted by Gasteiger charge is -2.20. The minimum atomic E-state index is 0.0982. The molecular formula is C19H22BrN3OS. The van der Waals surface area contributed by atoms with Gasteiger partial charge in [0, 0.05) is 15.4 Å². The zero-order valence-corrected chi connectivity index (χ0v) is 16.9. The van der Waals surface area contributed by atoms with Gasteiger partial charge in [0.2, 0.25) is 0 Å². The maximum atomic E-state index is 10.5. The quantitative estimate of drug-likeness (QED) is 0.453. The van der Waals surface area contributed by atoms with E-state index < -0.39 is 0 Å². The van der Waals surface area contributed by atoms with Gasteiger partial charge in [0.1, 0.15) is 22.4 Å². The molecule has 1 N–H and O–H groups in total. The lowest BCUT2D eigenvalue weighted by atomic mass is 10.2. The standard InChI is InChI=1S/C19H22BrN3OS/c1-3-9-23(10-4-2)12-18(24)16(11-21)19-22-17(13-25-19)14-5-7-15(20)8-6-14/h5-8,13,24H,3-4,9-10,12H2,1-2H3/b18-16-. The molecule has 1 aromatic heterocycles. The first-order chi connectivity index (χ1) is 12.1. The van der Waals surface area contributed by atoms with Crippen molar-refractivity contribution in [3.8, 4) is 17.3 Å². The van der Waals surface area contributed by atoms with E-state index in [-0.39, 0.29) is 11.3 Å². The van der Waals surface area contributed by atoms with Crippen molar-refractivity contribution in [2.75, 3.05) is 19.6 Å². The fraction of sp³-hybridized carbons (Fsp3) is 0.368. The summed E-state index contributed by atoms with van der Waals surface area (Å²) >= 11 is 4.80. The summed E-state index contributed by atoms with van der Waals surface area (Å²) in [5.74, 6) is 0.0982. The Labute approximate surface area is 161 Å². The van der Waals surface area contributed by atoms with E-state index in [1.165, 1.54) is 11.3 Å². The summed E-state index contributed by atoms with van der Waals surface area (Å²) in [6, 6.07) is 9.99. The van der Waals surface area contributed by atoms with Crippen molar-refractivity contribution in [1.29, 1.82) is 5.26 Å². The van der Waals surface area contributed by atoms with Gasteiger partial charge in [-0.15, -0.1) is 11.3 Å². The highest BCUT2D eigenvalue weighted by atomic mass is 79.9. The number of nitrogens with zero attached hydrogens (tertiary/aromatic N) is 3. The van der Waals surface area contributed by atoms with Crippen molar-refractivity contribution in [3.05, 3.63) is 44.9 Å². The van der Waals surface area contributed by atoms with Crippen LogP contribution in [0.1, 0.15) is 31.7 Å². The van der Waals surface area contributed by atoms with Crippen LogP contribution in [0.2, 0.25) is 0 Å². The fourth-order valence-electron chi connectivity index (χ4n) is 2.57. The zero-order valence-electron chi connectivity index (χ0n) is 14.5. The molecule has 0 saturated carbocycles. The molecule has 0 radical (unpaired) electrons. The summed E-state index contributed by atoms with van der Waals surface area (Å²) < 4.78 is 1.01. The van der Waals surface area contributed by atoms with Crippen LogP contribution in [0, 0.1) is 11.3 Å². The molecule has 0 spiro atoms. The summed E-state index contributed by atoms with van der Waals surface area (Å²) in [7, 11) is 0. The summed E-state index contributed by atoms with van der Waals surface area (Å²) in [5.41, 5.74) is 2.07. The van der Waals surface area contributed by atoms with Crippen LogP contribution < -0.4 is 0 Å². The van der Waals surface area contributed by atoms with Gasteiger partial charge in [0.05, 0.1) is 12.2 Å². The van der Waals surface area contributed by atoms with E-state index in [4.69, 9.17) is 0 Å². The van der Waals surface area contributed by atoms with E-state index in [9.17, 15) is 10.4 Å². The molecule has 25 heavy (non-hydrogen) atoms. The summed E-state index contributed by atoms with van der Waals surface area (Å²) in [5, 5.41) is 22.5. The predicted octanol–water partition coefficient (Wildman–Crippen LogP) is 5.49. The second-order valence-electron chi connectivity index (χ2n) is 5.75. The molecule has 4 nitrogen and oxygen atoms in total. The number of thiazole rings is 1. The molecule has 0 amide bonds. The van der Waals surface area contributed by atoms with E-state index in [0.717, 1.165) is 41.7 Å². The number of allylic oxidation sites excluding steroid dienone is 1. The second kappa shape index (κ2) is 9.71. The third-order valence-corrected chi connectivity index (χ3v) is 5.10. The van der Waals surface area contributed by atoms with Gasteiger partial charge in [0.25, 0.3) is 0 Å². The van der Waals surface area contributed by atoms with Crippen molar-refractivity contribution in [2.45, 2.75) is 26.7 Å². The third-order valence-electron chi connectivity index (χ3n) is 3.71. The van der Waals surface area contributed by atoms with Gasteiger partial charge < -0.3 is 5.11 Å². The van der Waals surface area contributed by atoms with Gasteiger partial charge in [-0.3, -0.25) is 4.90 Å². The Bertz CT molecular complexity index is 756. The SMILES string of the molecule is CCCN(CCC)C/C(O)=C(\C#N)c1nc(-c2ccc(Br)cc2)cs1. The summed E-state index contributed by atoms with van der Waals surface area (Å²) in [6.07, 6.45) is 2.03. The Morgan fingerprint density at radius 2 is 1.88 bits per heavy atom. The highest BCUT2D eigenvalue weighted by Crippen LogP contribution is 2.28. The number of hydrogen-bond donors (Lipinski definition) is 1. The number of aromatic nitrogens is 1. The van der Waals surface area contributed by atoms with Crippen molar-refractivity contribution in [3.63, 3.8) is 0 Å². The lowest BCUT2D eigenvalue weighted by molar-refractivity contribution is 0.251. The molecular weight excluding hydrogens is 398 g/mol. The molecule has 0 unspecified atom stereocenters. The number of rotatable bonds is 8. The molecule has 0 aliphatic heterocycles. The zero-order chi connectivity index (χ0) is 18.2. The van der Waals surface area contributed by atoms with Crippen LogP contribution in [0.5, 0.6) is 0 Å². The molecule has 6 heteroatoms. The Balaban J connectivity index is 2.25. The Morgan fingerprint density at radius 1 is 1.24 bits per heavy atom. The minimum absolute atomic E-state index is 0.0982. The minimum Gasteiger partial charge on any atom is -0.509 e. The van der Waals surface area contributed by atoms with Crippen LogP contribution >= 0.6 is 27.3 Å². The molecule has 0 aliphatic carbocycles. The number of hydrogen-bond acceptors (Lipinski definition) is 5. The molecule has 1 heterocycles. The van der Waals surface area contributed by atoms with Crippen molar-refractivity contribution in [2.24, 2.45) is 0 Å². The molecule has 2 aromatic rings. The average Bonchev–Trinajstić information content (AvgIpc) is 3.06. The van der Waals surface area contributed by atoms with Crippen molar-refractivity contribution >= 4 is 32.8 Å². The van der Waals surface area contributed by atoms with Crippen molar-refractivity contribution < 1.29 is 5.11 Å². The number of halogens is 1. The first-order valence-corrected chi connectivity index (χ1v) is 10.0. The molecule has 0 atom stereocenters. The number of benzene rings is 1. The molecule has 1 aromatic carbocycles. The molecule has 132 valence electrons. The maximum Gasteiger partial charge on any atom is 0.138 e. The van der Waals surface area contributed by atoms with Gasteiger partial charge in [-0.2, -0.15) is 5.26 Å². The largest absolute Gasteiger partial charge is 0.509 e. The molecule has 2 rings (SSSR count). The maximum absolute atomic E-state index is 10.5. The van der Waals surface area contributed by atoms with Crippen LogP contribution in [0.3, 0.4) is 0 Å². The van der Waals surface area contributed by atoms with Crippen LogP contribution in [0.25, 0.3) is 16.8 Å². The number of aliphatic hydroxyl groups is 1. The van der Waals surface area contributed by atoms with Crippen molar-refractivity contribution in [1.82, 2.24) is 9.88 Å². The second-order valence-corrected chi connectivity index (χ2v) is 7.53. The topological polar surface area (TPSA) is 60.1 Å². The molecule has 0 aliphatic rings. The summed E-state index contributed by atoms with van der Waals surface area (Å²) in [6.45, 7) is 6.41. The van der Waals surface area contributed by atoms with Crippen LogP contribution in [-0.4, -0.2) is 34.6 Å². The molecule has 0 fully saturated rings. The average molecular weight is 420 g/mol. The highest BCUT2D eigenvalue weighted by molar-refractivity contribution is 9.10. The van der Waals surface area contributed by atoms with Gasteiger partial charge >= 0.3 is 0 Å². The lowest BCUT2D eigenvalue weighted by Crippen LogP contribution is -2.28. The van der Waals surface area contributed by atoms with Gasteiger partial charge in [0.15, 0.2) is 0 Å². The number of nitriles is 1. The molecule has 0 bridgehead atoms. The van der Waals surface area contributed by atoms with Crippen LogP contribution in [0.15, 0.2) is 39.9 Å². The Morgan fingerprint density at radius 3 is 2.44 bits per heavy atom. The summed E-state index contributed by atoms with van der Waals surface area (Å²) in [4.78, 5) is 6.71. The van der Waals surface area contributed by atoms with Gasteiger partial charge in [-0.05, 0) is 38.1 Å². The smallest absolute Gasteiger partial charge is 0.138 e. The Kier molecular flexibility index (Phi) is 7.63. The normalized spacial score (nSPS) is 12.1.